The summed E-state index contributed by atoms with van der Waals surface area (Å²) in [5.74, 6) is -1.36. The Labute approximate surface area is 128 Å². The van der Waals surface area contributed by atoms with Crippen LogP contribution >= 0.6 is 0 Å². The SMILES string of the molecule is CS(=O)(=O)c1ccc(CN(C[C@H](N)C(=O)O)S(N)(=O)=O)cc1. The molecule has 0 bridgehead atoms. The van der Waals surface area contributed by atoms with E-state index in [-0.39, 0.29) is 11.4 Å². The zero-order valence-corrected chi connectivity index (χ0v) is 13.3. The number of benzene rings is 1. The van der Waals surface area contributed by atoms with Crippen molar-refractivity contribution < 1.29 is 26.7 Å². The summed E-state index contributed by atoms with van der Waals surface area (Å²) in [6, 6.07) is 4.06. The number of hydrogen-bond donors (Lipinski definition) is 3. The number of sulfone groups is 1. The van der Waals surface area contributed by atoms with Crippen LogP contribution in [0.1, 0.15) is 5.56 Å². The van der Waals surface area contributed by atoms with Crippen molar-refractivity contribution in [3.8, 4) is 0 Å². The predicted molar refractivity (Wildman–Crippen MR) is 78.7 cm³/mol. The first-order chi connectivity index (χ1) is 9.91. The second-order valence-electron chi connectivity index (χ2n) is 4.70. The average Bonchev–Trinajstić information content (AvgIpc) is 2.36. The van der Waals surface area contributed by atoms with Crippen molar-refractivity contribution in [1.29, 1.82) is 0 Å². The number of nitrogens with zero attached hydrogens (tertiary/aromatic N) is 1. The molecule has 124 valence electrons. The number of rotatable bonds is 7. The molecule has 0 aliphatic carbocycles. The van der Waals surface area contributed by atoms with Crippen LogP contribution in [-0.2, 0) is 31.4 Å². The van der Waals surface area contributed by atoms with Crippen molar-refractivity contribution in [3.05, 3.63) is 29.8 Å². The van der Waals surface area contributed by atoms with Gasteiger partial charge in [0.05, 0.1) is 4.90 Å². The normalized spacial score (nSPS) is 14.0. The molecule has 1 atom stereocenters. The summed E-state index contributed by atoms with van der Waals surface area (Å²) in [5.41, 5.74) is 5.75. The van der Waals surface area contributed by atoms with E-state index in [1.54, 1.807) is 0 Å². The van der Waals surface area contributed by atoms with Gasteiger partial charge < -0.3 is 10.8 Å². The molecule has 0 saturated heterocycles. The fraction of sp³-hybridized carbons (Fsp3) is 0.364. The van der Waals surface area contributed by atoms with E-state index in [2.05, 4.69) is 0 Å². The maximum Gasteiger partial charge on any atom is 0.321 e. The molecule has 0 fully saturated rings. The molecular weight excluding hydrogens is 334 g/mol. The Hall–Kier alpha value is -1.53. The zero-order chi connectivity index (χ0) is 17.1. The summed E-state index contributed by atoms with van der Waals surface area (Å²) < 4.78 is 46.3. The van der Waals surface area contributed by atoms with E-state index in [4.69, 9.17) is 16.0 Å². The van der Waals surface area contributed by atoms with Gasteiger partial charge in [-0.25, -0.2) is 13.6 Å². The Morgan fingerprint density at radius 1 is 1.23 bits per heavy atom. The third-order valence-corrected chi connectivity index (χ3v) is 4.91. The summed E-state index contributed by atoms with van der Waals surface area (Å²) in [7, 11) is -7.52. The van der Waals surface area contributed by atoms with Crippen LogP contribution in [0.4, 0.5) is 0 Å². The lowest BCUT2D eigenvalue weighted by Gasteiger charge is -2.21. The third kappa shape index (κ3) is 5.35. The lowest BCUT2D eigenvalue weighted by atomic mass is 10.2. The third-order valence-electron chi connectivity index (χ3n) is 2.79. The van der Waals surface area contributed by atoms with Crippen LogP contribution in [0, 0.1) is 0 Å². The van der Waals surface area contributed by atoms with Gasteiger partial charge in [0.25, 0.3) is 10.2 Å². The first kappa shape index (κ1) is 18.5. The van der Waals surface area contributed by atoms with Gasteiger partial charge in [0, 0.05) is 19.3 Å². The Bertz CT molecular complexity index is 743. The molecule has 0 aliphatic heterocycles. The molecule has 1 rings (SSSR count). The molecule has 1 aromatic rings. The van der Waals surface area contributed by atoms with Crippen molar-refractivity contribution in [2.45, 2.75) is 17.5 Å². The standard InChI is InChI=1S/C11H17N3O6S2/c1-21(17,18)9-4-2-8(3-5-9)6-14(22(13,19)20)7-10(12)11(15)16/h2-5,10H,6-7,12H2,1H3,(H,15,16)(H2,13,19,20)/t10-/m0/s1. The number of carbonyl (C=O) groups is 1. The van der Waals surface area contributed by atoms with Gasteiger partial charge in [0.15, 0.2) is 9.84 Å². The maximum atomic E-state index is 11.5. The molecule has 0 saturated carbocycles. The lowest BCUT2D eigenvalue weighted by Crippen LogP contribution is -2.47. The number of nitrogens with two attached hydrogens (primary N) is 2. The highest BCUT2D eigenvalue weighted by molar-refractivity contribution is 7.90. The zero-order valence-electron chi connectivity index (χ0n) is 11.7. The van der Waals surface area contributed by atoms with Gasteiger partial charge in [-0.05, 0) is 17.7 Å². The van der Waals surface area contributed by atoms with Crippen LogP contribution in [0.15, 0.2) is 29.2 Å². The second-order valence-corrected chi connectivity index (χ2v) is 8.26. The highest BCUT2D eigenvalue weighted by Crippen LogP contribution is 2.13. The van der Waals surface area contributed by atoms with E-state index < -0.39 is 38.6 Å². The fourth-order valence-electron chi connectivity index (χ4n) is 1.60. The van der Waals surface area contributed by atoms with E-state index in [9.17, 15) is 21.6 Å². The van der Waals surface area contributed by atoms with Gasteiger partial charge in [0.2, 0.25) is 0 Å². The lowest BCUT2D eigenvalue weighted by molar-refractivity contribution is -0.138. The van der Waals surface area contributed by atoms with Gasteiger partial charge in [-0.2, -0.15) is 12.7 Å². The minimum atomic E-state index is -4.16. The molecule has 0 aliphatic rings. The van der Waals surface area contributed by atoms with Crippen molar-refractivity contribution in [3.63, 3.8) is 0 Å². The molecule has 1 aromatic carbocycles. The molecule has 0 radical (unpaired) electrons. The van der Waals surface area contributed by atoms with Crippen LogP contribution in [0.2, 0.25) is 0 Å². The molecule has 0 heterocycles. The van der Waals surface area contributed by atoms with Crippen LogP contribution < -0.4 is 10.9 Å². The average molecular weight is 351 g/mol. The largest absolute Gasteiger partial charge is 0.480 e. The molecule has 0 unspecified atom stereocenters. The Kier molecular flexibility index (Phi) is 5.65. The van der Waals surface area contributed by atoms with E-state index in [0.29, 0.717) is 9.87 Å². The smallest absolute Gasteiger partial charge is 0.321 e. The predicted octanol–water partition coefficient (Wildman–Crippen LogP) is -1.49. The van der Waals surface area contributed by atoms with Crippen LogP contribution in [0.5, 0.6) is 0 Å². The molecular formula is C11H17N3O6S2. The van der Waals surface area contributed by atoms with E-state index in [1.807, 2.05) is 0 Å². The van der Waals surface area contributed by atoms with E-state index >= 15 is 0 Å². The monoisotopic (exact) mass is 351 g/mol. The van der Waals surface area contributed by atoms with Crippen molar-refractivity contribution in [1.82, 2.24) is 4.31 Å². The molecule has 0 amide bonds. The van der Waals surface area contributed by atoms with Crippen LogP contribution in [-0.4, -0.2) is 51.1 Å². The molecule has 22 heavy (non-hydrogen) atoms. The number of carboxylic acid groups (broad SMARTS) is 1. The number of aliphatic carboxylic acids is 1. The van der Waals surface area contributed by atoms with Crippen LogP contribution in [0.25, 0.3) is 0 Å². The summed E-state index contributed by atoms with van der Waals surface area (Å²) in [5, 5.41) is 13.8. The molecule has 11 heteroatoms. The highest BCUT2D eigenvalue weighted by Gasteiger charge is 2.24. The fourth-order valence-corrected chi connectivity index (χ4v) is 2.93. The van der Waals surface area contributed by atoms with Gasteiger partial charge in [-0.3, -0.25) is 4.79 Å². The molecule has 0 spiro atoms. The minimum Gasteiger partial charge on any atom is -0.480 e. The summed E-state index contributed by atoms with van der Waals surface area (Å²) in [6.07, 6.45) is 1.05. The molecule has 0 aromatic heterocycles. The maximum absolute atomic E-state index is 11.5. The number of hydrogen-bond acceptors (Lipinski definition) is 6. The van der Waals surface area contributed by atoms with Gasteiger partial charge in [-0.1, -0.05) is 12.1 Å². The first-order valence-corrected chi connectivity index (χ1v) is 9.36. The van der Waals surface area contributed by atoms with Gasteiger partial charge in [0.1, 0.15) is 6.04 Å². The molecule has 5 N–H and O–H groups in total. The molecule has 9 nitrogen and oxygen atoms in total. The van der Waals surface area contributed by atoms with E-state index in [0.717, 1.165) is 6.26 Å². The second kappa shape index (κ2) is 6.71. The Morgan fingerprint density at radius 3 is 2.09 bits per heavy atom. The number of carboxylic acids is 1. The quantitative estimate of drug-likeness (QED) is 0.539. The summed E-state index contributed by atoms with van der Waals surface area (Å²) >= 11 is 0. The van der Waals surface area contributed by atoms with Crippen molar-refractivity contribution >= 4 is 26.0 Å². The van der Waals surface area contributed by atoms with E-state index in [1.165, 1.54) is 24.3 Å². The highest BCUT2D eigenvalue weighted by atomic mass is 32.2. The first-order valence-electron chi connectivity index (χ1n) is 5.96. The minimum absolute atomic E-state index is 0.0839. The van der Waals surface area contributed by atoms with Gasteiger partial charge in [-0.15, -0.1) is 0 Å². The Morgan fingerprint density at radius 2 is 1.73 bits per heavy atom. The van der Waals surface area contributed by atoms with Crippen LogP contribution in [0.3, 0.4) is 0 Å². The van der Waals surface area contributed by atoms with Crippen molar-refractivity contribution in [2.24, 2.45) is 10.9 Å². The summed E-state index contributed by atoms with van der Waals surface area (Å²) in [4.78, 5) is 10.8. The van der Waals surface area contributed by atoms with Gasteiger partial charge >= 0.3 is 5.97 Å². The topological polar surface area (TPSA) is 161 Å². The summed E-state index contributed by atoms with van der Waals surface area (Å²) in [6.45, 7) is -0.716. The van der Waals surface area contributed by atoms with Crippen molar-refractivity contribution in [2.75, 3.05) is 12.8 Å². The Balaban J connectivity index is 2.98.